The molecule has 2 fully saturated rings. The number of aryl methyl sites for hydroxylation is 1. The van der Waals surface area contributed by atoms with E-state index >= 15 is 0 Å². The van der Waals surface area contributed by atoms with E-state index in [0.29, 0.717) is 11.6 Å². The molecule has 0 aliphatic heterocycles. The van der Waals surface area contributed by atoms with Gasteiger partial charge in [0.1, 0.15) is 15.9 Å². The first kappa shape index (κ1) is 30.0. The van der Waals surface area contributed by atoms with Gasteiger partial charge >= 0.3 is 5.97 Å². The molecule has 1 unspecified atom stereocenters. The number of aliphatic carboxylic acids is 1. The molecule has 0 spiro atoms. The molecular formula is C34H40N2O5S. The standard InChI is InChI=1S/C34H40N2O5S/c1-24-9-6-7-12-28(24)30-21-26(13-16-29(30)32(37)35-31(33(38)39)17-20-42(2,40)41)23-36(27-14-15-27)34(18-8-19-34)22-25-10-4-3-5-11-25/h3-7,9-13,16,21,27,31H,8,14-15,17-20,22-23H2,1-2H3,(H,35,37)(H,38,39). The lowest BCUT2D eigenvalue weighted by molar-refractivity contribution is -0.139. The number of carbonyl (C=O) groups is 2. The van der Waals surface area contributed by atoms with Crippen molar-refractivity contribution in [2.24, 2.45) is 0 Å². The average Bonchev–Trinajstić information content (AvgIpc) is 3.77. The quantitative estimate of drug-likeness (QED) is 0.277. The van der Waals surface area contributed by atoms with Crippen LogP contribution in [-0.4, -0.2) is 59.9 Å². The summed E-state index contributed by atoms with van der Waals surface area (Å²) in [6, 6.07) is 23.7. The highest BCUT2D eigenvalue weighted by atomic mass is 32.2. The number of carboxylic acids is 1. The normalized spacial score (nSPS) is 16.9. The van der Waals surface area contributed by atoms with Gasteiger partial charge in [-0.3, -0.25) is 9.69 Å². The van der Waals surface area contributed by atoms with E-state index in [4.69, 9.17) is 0 Å². The van der Waals surface area contributed by atoms with Crippen LogP contribution in [0.5, 0.6) is 0 Å². The van der Waals surface area contributed by atoms with E-state index in [2.05, 4.69) is 46.6 Å². The van der Waals surface area contributed by atoms with E-state index in [0.717, 1.165) is 41.5 Å². The van der Waals surface area contributed by atoms with Crippen molar-refractivity contribution in [3.05, 3.63) is 95.1 Å². The fraction of sp³-hybridized carbons (Fsp3) is 0.412. The molecule has 2 aliphatic rings. The molecule has 0 heterocycles. The lowest BCUT2D eigenvalue weighted by Gasteiger charge is -2.51. The van der Waals surface area contributed by atoms with Crippen LogP contribution in [0.1, 0.15) is 65.6 Å². The van der Waals surface area contributed by atoms with Crippen molar-refractivity contribution < 1.29 is 23.1 Å². The Hall–Kier alpha value is -3.49. The van der Waals surface area contributed by atoms with Crippen LogP contribution in [0.3, 0.4) is 0 Å². The average molecular weight is 589 g/mol. The van der Waals surface area contributed by atoms with Crippen LogP contribution in [0, 0.1) is 6.92 Å². The number of benzene rings is 3. The Bertz CT molecular complexity index is 1550. The minimum absolute atomic E-state index is 0.135. The van der Waals surface area contributed by atoms with Crippen molar-refractivity contribution >= 4 is 21.7 Å². The van der Waals surface area contributed by atoms with Crippen LogP contribution in [0.15, 0.2) is 72.8 Å². The molecule has 3 aromatic carbocycles. The Morgan fingerprint density at radius 1 is 0.976 bits per heavy atom. The van der Waals surface area contributed by atoms with E-state index in [9.17, 15) is 23.1 Å². The minimum Gasteiger partial charge on any atom is -0.480 e. The largest absolute Gasteiger partial charge is 0.480 e. The van der Waals surface area contributed by atoms with Gasteiger partial charge in [-0.15, -0.1) is 0 Å². The molecule has 8 heteroatoms. The third-order valence-corrected chi connectivity index (χ3v) is 9.73. The van der Waals surface area contributed by atoms with Crippen LogP contribution in [0.25, 0.3) is 11.1 Å². The Labute approximate surface area is 248 Å². The molecule has 0 bridgehead atoms. The number of amides is 1. The molecule has 2 saturated carbocycles. The topological polar surface area (TPSA) is 104 Å². The smallest absolute Gasteiger partial charge is 0.326 e. The molecule has 5 rings (SSSR count). The van der Waals surface area contributed by atoms with Crippen LogP contribution >= 0.6 is 0 Å². The highest BCUT2D eigenvalue weighted by Gasteiger charge is 2.47. The molecule has 0 radical (unpaired) electrons. The second kappa shape index (κ2) is 12.4. The number of nitrogens with one attached hydrogen (secondary N) is 1. The van der Waals surface area contributed by atoms with Gasteiger partial charge in [-0.1, -0.05) is 60.7 Å². The maximum absolute atomic E-state index is 13.5. The van der Waals surface area contributed by atoms with Gasteiger partial charge in [-0.25, -0.2) is 13.2 Å². The van der Waals surface area contributed by atoms with Gasteiger partial charge in [0, 0.05) is 29.9 Å². The zero-order valence-corrected chi connectivity index (χ0v) is 25.2. The van der Waals surface area contributed by atoms with Crippen molar-refractivity contribution in [1.29, 1.82) is 0 Å². The van der Waals surface area contributed by atoms with Gasteiger partial charge < -0.3 is 10.4 Å². The van der Waals surface area contributed by atoms with E-state index < -0.39 is 27.8 Å². The molecule has 2 aliphatic carbocycles. The van der Waals surface area contributed by atoms with E-state index in [1.165, 1.54) is 37.7 Å². The van der Waals surface area contributed by atoms with Crippen molar-refractivity contribution in [3.63, 3.8) is 0 Å². The van der Waals surface area contributed by atoms with Crippen LogP contribution < -0.4 is 5.32 Å². The number of carboxylic acid groups (broad SMARTS) is 1. The molecule has 1 amide bonds. The Kier molecular flexibility index (Phi) is 8.85. The fourth-order valence-electron chi connectivity index (χ4n) is 6.20. The Morgan fingerprint density at radius 3 is 2.26 bits per heavy atom. The highest BCUT2D eigenvalue weighted by molar-refractivity contribution is 7.90. The Morgan fingerprint density at radius 2 is 1.67 bits per heavy atom. The molecule has 0 saturated heterocycles. The SMILES string of the molecule is Cc1ccccc1-c1cc(CN(C2CC2)C2(Cc3ccccc3)CCC2)ccc1C(=O)NC(CCS(C)(=O)=O)C(=O)O. The highest BCUT2D eigenvalue weighted by Crippen LogP contribution is 2.47. The first-order valence-corrected chi connectivity index (χ1v) is 16.8. The van der Waals surface area contributed by atoms with Crippen molar-refractivity contribution in [2.45, 2.75) is 76.0 Å². The van der Waals surface area contributed by atoms with E-state index in [1.54, 1.807) is 6.07 Å². The molecule has 0 aromatic heterocycles. The summed E-state index contributed by atoms with van der Waals surface area (Å²) in [5.41, 5.74) is 5.65. The first-order chi connectivity index (χ1) is 20.0. The number of nitrogens with zero attached hydrogens (tertiary/aromatic N) is 1. The van der Waals surface area contributed by atoms with Gasteiger partial charge in [0.15, 0.2) is 0 Å². The van der Waals surface area contributed by atoms with Crippen LogP contribution in [-0.2, 0) is 27.6 Å². The van der Waals surface area contributed by atoms with Gasteiger partial charge in [-0.2, -0.15) is 0 Å². The number of sulfone groups is 1. The second-order valence-electron chi connectivity index (χ2n) is 12.1. The zero-order valence-electron chi connectivity index (χ0n) is 24.4. The molecule has 7 nitrogen and oxygen atoms in total. The Balaban J connectivity index is 1.45. The third-order valence-electron chi connectivity index (χ3n) is 8.75. The summed E-state index contributed by atoms with van der Waals surface area (Å²) in [7, 11) is -3.38. The number of hydrogen-bond acceptors (Lipinski definition) is 5. The summed E-state index contributed by atoms with van der Waals surface area (Å²) in [4.78, 5) is 28.1. The zero-order chi connectivity index (χ0) is 29.9. The second-order valence-corrected chi connectivity index (χ2v) is 14.3. The van der Waals surface area contributed by atoms with Gasteiger partial charge in [0.25, 0.3) is 5.91 Å². The van der Waals surface area contributed by atoms with E-state index in [-0.39, 0.29) is 17.7 Å². The summed E-state index contributed by atoms with van der Waals surface area (Å²) < 4.78 is 23.3. The minimum atomic E-state index is -3.38. The van der Waals surface area contributed by atoms with Crippen molar-refractivity contribution in [1.82, 2.24) is 10.2 Å². The summed E-state index contributed by atoms with van der Waals surface area (Å²) in [5, 5.41) is 12.3. The molecule has 1 atom stereocenters. The maximum Gasteiger partial charge on any atom is 0.326 e. The molecule has 2 N–H and O–H groups in total. The van der Waals surface area contributed by atoms with Crippen LogP contribution in [0.2, 0.25) is 0 Å². The lowest BCUT2D eigenvalue weighted by atomic mass is 9.71. The van der Waals surface area contributed by atoms with Gasteiger partial charge in [0.2, 0.25) is 0 Å². The fourth-order valence-corrected chi connectivity index (χ4v) is 6.87. The predicted octanol–water partition coefficient (Wildman–Crippen LogP) is 5.41. The third kappa shape index (κ3) is 7.10. The summed E-state index contributed by atoms with van der Waals surface area (Å²) >= 11 is 0. The molecule has 3 aromatic rings. The van der Waals surface area contributed by atoms with E-state index in [1.807, 2.05) is 37.3 Å². The monoisotopic (exact) mass is 588 g/mol. The summed E-state index contributed by atoms with van der Waals surface area (Å²) in [5.74, 6) is -2.11. The predicted molar refractivity (Wildman–Crippen MR) is 165 cm³/mol. The maximum atomic E-state index is 13.5. The number of rotatable bonds is 13. The van der Waals surface area contributed by atoms with Gasteiger partial charge in [-0.05, 0) is 91.8 Å². The molecule has 222 valence electrons. The number of carbonyl (C=O) groups excluding carboxylic acids is 1. The molecular weight excluding hydrogens is 548 g/mol. The number of hydrogen-bond donors (Lipinski definition) is 2. The summed E-state index contributed by atoms with van der Waals surface area (Å²) in [6.07, 6.45) is 7.87. The summed E-state index contributed by atoms with van der Waals surface area (Å²) in [6.45, 7) is 2.78. The van der Waals surface area contributed by atoms with Crippen molar-refractivity contribution in [3.8, 4) is 11.1 Å². The molecule has 42 heavy (non-hydrogen) atoms. The first-order valence-electron chi connectivity index (χ1n) is 14.8. The lowest BCUT2D eigenvalue weighted by Crippen LogP contribution is -2.55. The van der Waals surface area contributed by atoms with Gasteiger partial charge in [0.05, 0.1) is 5.75 Å². The van der Waals surface area contributed by atoms with Crippen molar-refractivity contribution in [2.75, 3.05) is 12.0 Å². The van der Waals surface area contributed by atoms with Crippen LogP contribution in [0.4, 0.5) is 0 Å².